The third-order valence-electron chi connectivity index (χ3n) is 3.02. The predicted octanol–water partition coefficient (Wildman–Crippen LogP) is 2.87. The molecule has 0 heterocycles. The minimum Gasteiger partial charge on any atom is -0.497 e. The third-order valence-corrected chi connectivity index (χ3v) is 3.02. The van der Waals surface area contributed by atoms with Crippen molar-refractivity contribution in [3.63, 3.8) is 0 Å². The number of hydrogen-bond acceptors (Lipinski definition) is 4. The van der Waals surface area contributed by atoms with E-state index >= 15 is 0 Å². The molecular weight excluding hydrogens is 270 g/mol. The number of hydrogen-bond donors (Lipinski definition) is 2. The lowest BCUT2D eigenvalue weighted by Gasteiger charge is -2.12. The summed E-state index contributed by atoms with van der Waals surface area (Å²) in [6, 6.07) is 13.0. The summed E-state index contributed by atoms with van der Waals surface area (Å²) >= 11 is 0. The molecule has 0 fully saturated rings. The van der Waals surface area contributed by atoms with Gasteiger partial charge in [-0.05, 0) is 35.9 Å². The molecule has 2 aromatic rings. The molecule has 0 saturated carbocycles. The monoisotopic (exact) mass is 287 g/mol. The van der Waals surface area contributed by atoms with Gasteiger partial charge in [-0.15, -0.1) is 0 Å². The number of benzene rings is 2. The van der Waals surface area contributed by atoms with Crippen LogP contribution in [0.2, 0.25) is 0 Å². The molecule has 2 rings (SSSR count). The van der Waals surface area contributed by atoms with Gasteiger partial charge in [0.25, 0.3) is 0 Å². The van der Waals surface area contributed by atoms with Gasteiger partial charge in [-0.1, -0.05) is 12.1 Å². The maximum atomic E-state index is 10.5. The van der Waals surface area contributed by atoms with Gasteiger partial charge in [-0.2, -0.15) is 0 Å². The van der Waals surface area contributed by atoms with Crippen LogP contribution < -0.4 is 14.8 Å². The molecule has 0 atom stereocenters. The van der Waals surface area contributed by atoms with Gasteiger partial charge in [-0.3, -0.25) is 0 Å². The Labute approximate surface area is 123 Å². The average Bonchev–Trinajstić information content (AvgIpc) is 2.52. The van der Waals surface area contributed by atoms with Crippen molar-refractivity contribution >= 4 is 11.7 Å². The van der Waals surface area contributed by atoms with Crippen molar-refractivity contribution in [1.82, 2.24) is 0 Å². The van der Waals surface area contributed by atoms with Crippen molar-refractivity contribution in [2.45, 2.75) is 0 Å². The summed E-state index contributed by atoms with van der Waals surface area (Å²) in [6.45, 7) is -0.347. The second kappa shape index (κ2) is 6.65. The number of carbonyl (C=O) groups is 1. The van der Waals surface area contributed by atoms with Crippen LogP contribution in [0.25, 0.3) is 11.1 Å². The topological polar surface area (TPSA) is 67.8 Å². The van der Waals surface area contributed by atoms with E-state index in [1.165, 1.54) is 0 Å². The summed E-state index contributed by atoms with van der Waals surface area (Å²) in [6.07, 6.45) is 0. The number of rotatable bonds is 6. The van der Waals surface area contributed by atoms with E-state index in [9.17, 15) is 4.79 Å². The van der Waals surface area contributed by atoms with E-state index in [1.54, 1.807) is 19.2 Å². The summed E-state index contributed by atoms with van der Waals surface area (Å²) < 4.78 is 10.4. The van der Waals surface area contributed by atoms with Gasteiger partial charge in [0.1, 0.15) is 11.5 Å². The molecule has 0 aliphatic carbocycles. The van der Waals surface area contributed by atoms with Gasteiger partial charge in [0, 0.05) is 18.3 Å². The molecule has 0 aliphatic rings. The minimum absolute atomic E-state index is 0.347. The molecule has 0 bridgehead atoms. The molecule has 2 N–H and O–H groups in total. The molecule has 0 saturated heterocycles. The van der Waals surface area contributed by atoms with E-state index in [1.807, 2.05) is 37.4 Å². The van der Waals surface area contributed by atoms with Crippen molar-refractivity contribution < 1.29 is 19.4 Å². The van der Waals surface area contributed by atoms with Crippen molar-refractivity contribution in [3.8, 4) is 22.6 Å². The molecule has 5 nitrogen and oxygen atoms in total. The Morgan fingerprint density at radius 3 is 2.38 bits per heavy atom. The van der Waals surface area contributed by atoms with Crippen molar-refractivity contribution in [3.05, 3.63) is 42.5 Å². The maximum absolute atomic E-state index is 10.5. The summed E-state index contributed by atoms with van der Waals surface area (Å²) in [5.74, 6) is 0.301. The third kappa shape index (κ3) is 3.66. The van der Waals surface area contributed by atoms with Crippen LogP contribution in [0, 0.1) is 0 Å². The number of methoxy groups -OCH3 is 1. The van der Waals surface area contributed by atoms with Gasteiger partial charge < -0.3 is 19.9 Å². The Kier molecular flexibility index (Phi) is 4.66. The lowest BCUT2D eigenvalue weighted by Crippen LogP contribution is -2.09. The zero-order valence-electron chi connectivity index (χ0n) is 11.9. The first-order valence-electron chi connectivity index (χ1n) is 6.45. The fourth-order valence-corrected chi connectivity index (χ4v) is 1.98. The number of nitrogens with one attached hydrogen (secondary N) is 1. The molecule has 0 radical (unpaired) electrons. The Morgan fingerprint density at radius 1 is 1.14 bits per heavy atom. The van der Waals surface area contributed by atoms with E-state index in [0.29, 0.717) is 5.75 Å². The zero-order valence-corrected chi connectivity index (χ0v) is 11.9. The van der Waals surface area contributed by atoms with E-state index in [0.717, 1.165) is 22.6 Å². The lowest BCUT2D eigenvalue weighted by molar-refractivity contribution is -0.139. The first kappa shape index (κ1) is 14.7. The van der Waals surface area contributed by atoms with E-state index in [-0.39, 0.29) is 6.61 Å². The van der Waals surface area contributed by atoms with Crippen LogP contribution in [-0.4, -0.2) is 31.8 Å². The molecule has 5 heteroatoms. The Bertz CT molecular complexity index is 623. The van der Waals surface area contributed by atoms with E-state index < -0.39 is 5.97 Å². The van der Waals surface area contributed by atoms with Crippen molar-refractivity contribution in [2.75, 3.05) is 26.1 Å². The highest BCUT2D eigenvalue weighted by Crippen LogP contribution is 2.32. The number of carboxylic acid groups (broad SMARTS) is 1. The lowest BCUT2D eigenvalue weighted by atomic mass is 10.0. The van der Waals surface area contributed by atoms with Crippen LogP contribution in [-0.2, 0) is 4.79 Å². The van der Waals surface area contributed by atoms with E-state index in [4.69, 9.17) is 14.6 Å². The highest BCUT2D eigenvalue weighted by Gasteiger charge is 2.07. The molecule has 0 spiro atoms. The van der Waals surface area contributed by atoms with Gasteiger partial charge in [0.15, 0.2) is 6.61 Å². The SMILES string of the molecule is CNc1ccc(OC)cc1-c1ccc(OCC(=O)O)cc1. The molecule has 0 aromatic heterocycles. The Balaban J connectivity index is 2.27. The van der Waals surface area contributed by atoms with Crippen LogP contribution in [0.4, 0.5) is 5.69 Å². The molecule has 0 aliphatic heterocycles. The summed E-state index contributed by atoms with van der Waals surface area (Å²) in [4.78, 5) is 10.5. The van der Waals surface area contributed by atoms with Gasteiger partial charge in [0.2, 0.25) is 0 Å². The Morgan fingerprint density at radius 2 is 1.81 bits per heavy atom. The van der Waals surface area contributed by atoms with Crippen LogP contribution in [0.5, 0.6) is 11.5 Å². The molecule has 2 aromatic carbocycles. The Hall–Kier alpha value is -2.69. The molecule has 0 amide bonds. The molecule has 110 valence electrons. The van der Waals surface area contributed by atoms with Crippen LogP contribution in [0.15, 0.2) is 42.5 Å². The normalized spacial score (nSPS) is 10.0. The minimum atomic E-state index is -0.996. The number of carboxylic acids is 1. The standard InChI is InChI=1S/C16H17NO4/c1-17-15-8-7-13(20-2)9-14(15)11-3-5-12(6-4-11)21-10-16(18)19/h3-9,17H,10H2,1-2H3,(H,18,19). The fraction of sp³-hybridized carbons (Fsp3) is 0.188. The summed E-state index contributed by atoms with van der Waals surface area (Å²) in [5, 5.41) is 11.7. The van der Waals surface area contributed by atoms with Crippen LogP contribution in [0.3, 0.4) is 0 Å². The average molecular weight is 287 g/mol. The van der Waals surface area contributed by atoms with Crippen molar-refractivity contribution in [2.24, 2.45) is 0 Å². The predicted molar refractivity (Wildman–Crippen MR) is 81.1 cm³/mol. The zero-order chi connectivity index (χ0) is 15.2. The van der Waals surface area contributed by atoms with Gasteiger partial charge in [0.05, 0.1) is 7.11 Å². The second-order valence-electron chi connectivity index (χ2n) is 4.37. The van der Waals surface area contributed by atoms with Gasteiger partial charge >= 0.3 is 5.97 Å². The fourth-order valence-electron chi connectivity index (χ4n) is 1.98. The molecule has 0 unspecified atom stereocenters. The van der Waals surface area contributed by atoms with Gasteiger partial charge in [-0.25, -0.2) is 4.79 Å². The van der Waals surface area contributed by atoms with E-state index in [2.05, 4.69) is 5.32 Å². The van der Waals surface area contributed by atoms with Crippen LogP contribution in [0.1, 0.15) is 0 Å². The largest absolute Gasteiger partial charge is 0.497 e. The smallest absolute Gasteiger partial charge is 0.341 e. The quantitative estimate of drug-likeness (QED) is 0.855. The summed E-state index contributed by atoms with van der Waals surface area (Å²) in [7, 11) is 3.48. The first-order chi connectivity index (χ1) is 10.1. The highest BCUT2D eigenvalue weighted by molar-refractivity contribution is 5.79. The molecule has 21 heavy (non-hydrogen) atoms. The van der Waals surface area contributed by atoms with Crippen LogP contribution >= 0.6 is 0 Å². The second-order valence-corrected chi connectivity index (χ2v) is 4.37. The maximum Gasteiger partial charge on any atom is 0.341 e. The molecular formula is C16H17NO4. The number of anilines is 1. The number of ether oxygens (including phenoxy) is 2. The van der Waals surface area contributed by atoms with Crippen molar-refractivity contribution in [1.29, 1.82) is 0 Å². The highest BCUT2D eigenvalue weighted by atomic mass is 16.5. The number of aliphatic carboxylic acids is 1. The first-order valence-corrected chi connectivity index (χ1v) is 6.45. The summed E-state index contributed by atoms with van der Waals surface area (Å²) in [5.41, 5.74) is 2.97.